The third-order valence-electron chi connectivity index (χ3n) is 3.02. The molecule has 1 atom stereocenters. The van der Waals surface area contributed by atoms with Crippen LogP contribution in [0.2, 0.25) is 0 Å². The molecule has 0 spiro atoms. The summed E-state index contributed by atoms with van der Waals surface area (Å²) in [4.78, 5) is 0. The molecular formula is C13H27NO. The predicted molar refractivity (Wildman–Crippen MR) is 65.1 cm³/mol. The molecule has 15 heavy (non-hydrogen) atoms. The minimum Gasteiger partial charge on any atom is -0.378 e. The minimum atomic E-state index is 0.451. The van der Waals surface area contributed by atoms with E-state index in [1.807, 2.05) is 0 Å². The molecule has 1 saturated carbocycles. The van der Waals surface area contributed by atoms with E-state index in [-0.39, 0.29) is 0 Å². The summed E-state index contributed by atoms with van der Waals surface area (Å²) in [5, 5.41) is 3.42. The van der Waals surface area contributed by atoms with Gasteiger partial charge in [-0.1, -0.05) is 19.8 Å². The van der Waals surface area contributed by atoms with Gasteiger partial charge in [0, 0.05) is 6.61 Å². The first-order chi connectivity index (χ1) is 7.33. The van der Waals surface area contributed by atoms with Crippen LogP contribution < -0.4 is 5.32 Å². The summed E-state index contributed by atoms with van der Waals surface area (Å²) in [6.07, 6.45) is 8.29. The summed E-state index contributed by atoms with van der Waals surface area (Å²) in [6.45, 7) is 7.68. The van der Waals surface area contributed by atoms with Crippen LogP contribution in [0.5, 0.6) is 0 Å². The Labute approximate surface area is 94.8 Å². The molecule has 1 N–H and O–H groups in total. The Balaban J connectivity index is 1.77. The van der Waals surface area contributed by atoms with Crippen LogP contribution in [0.1, 0.15) is 52.4 Å². The lowest BCUT2D eigenvalue weighted by atomic mass is 10.2. The van der Waals surface area contributed by atoms with Gasteiger partial charge in [-0.2, -0.15) is 0 Å². The van der Waals surface area contributed by atoms with Crippen molar-refractivity contribution < 1.29 is 4.74 Å². The lowest BCUT2D eigenvalue weighted by molar-refractivity contribution is 0.0550. The van der Waals surface area contributed by atoms with Crippen LogP contribution in [0.25, 0.3) is 0 Å². The van der Waals surface area contributed by atoms with Crippen molar-refractivity contribution in [1.82, 2.24) is 5.32 Å². The van der Waals surface area contributed by atoms with E-state index >= 15 is 0 Å². The average Bonchev–Trinajstić information content (AvgIpc) is 3.01. The van der Waals surface area contributed by atoms with Gasteiger partial charge in [0.05, 0.1) is 6.10 Å². The molecule has 0 bridgehead atoms. The van der Waals surface area contributed by atoms with E-state index in [1.54, 1.807) is 0 Å². The lowest BCUT2D eigenvalue weighted by Crippen LogP contribution is -2.18. The molecule has 1 aliphatic carbocycles. The molecule has 1 rings (SSSR count). The van der Waals surface area contributed by atoms with Gasteiger partial charge in [-0.15, -0.1) is 0 Å². The Kier molecular flexibility index (Phi) is 7.03. The quantitative estimate of drug-likeness (QED) is 0.563. The molecule has 0 heterocycles. The third-order valence-corrected chi connectivity index (χ3v) is 3.02. The maximum Gasteiger partial charge on any atom is 0.0547 e. The topological polar surface area (TPSA) is 21.3 Å². The second-order valence-electron chi connectivity index (χ2n) is 4.81. The van der Waals surface area contributed by atoms with Gasteiger partial charge in [-0.25, -0.2) is 0 Å². The van der Waals surface area contributed by atoms with Crippen LogP contribution in [0, 0.1) is 5.92 Å². The van der Waals surface area contributed by atoms with Crippen molar-refractivity contribution in [3.63, 3.8) is 0 Å². The molecule has 0 aromatic rings. The van der Waals surface area contributed by atoms with Crippen molar-refractivity contribution in [2.24, 2.45) is 5.92 Å². The average molecular weight is 213 g/mol. The van der Waals surface area contributed by atoms with Crippen LogP contribution in [0.4, 0.5) is 0 Å². The molecular weight excluding hydrogens is 186 g/mol. The maximum atomic E-state index is 5.77. The van der Waals surface area contributed by atoms with Crippen LogP contribution in [-0.4, -0.2) is 25.8 Å². The second kappa shape index (κ2) is 8.12. The van der Waals surface area contributed by atoms with Crippen molar-refractivity contribution in [3.05, 3.63) is 0 Å². The highest BCUT2D eigenvalue weighted by Crippen LogP contribution is 2.32. The summed E-state index contributed by atoms with van der Waals surface area (Å²) in [6, 6.07) is 0. The normalized spacial score (nSPS) is 18.0. The van der Waals surface area contributed by atoms with Gasteiger partial charge in [-0.05, 0) is 51.6 Å². The molecule has 0 amide bonds. The smallest absolute Gasteiger partial charge is 0.0547 e. The summed E-state index contributed by atoms with van der Waals surface area (Å²) in [7, 11) is 0. The molecule has 0 radical (unpaired) electrons. The number of hydrogen-bond acceptors (Lipinski definition) is 2. The summed E-state index contributed by atoms with van der Waals surface area (Å²) < 4.78 is 5.77. The van der Waals surface area contributed by atoms with Gasteiger partial charge in [0.25, 0.3) is 0 Å². The fraction of sp³-hybridized carbons (Fsp3) is 1.00. The van der Waals surface area contributed by atoms with Crippen molar-refractivity contribution >= 4 is 0 Å². The molecule has 1 aliphatic rings. The van der Waals surface area contributed by atoms with E-state index in [9.17, 15) is 0 Å². The zero-order valence-electron chi connectivity index (χ0n) is 10.4. The first-order valence-corrected chi connectivity index (χ1v) is 6.65. The van der Waals surface area contributed by atoms with Gasteiger partial charge in [0.1, 0.15) is 0 Å². The molecule has 0 saturated heterocycles. The standard InChI is InChI=1S/C13H27NO/c1-3-9-14-10-4-5-12(2)15-11-8-13-6-7-13/h12-14H,3-11H2,1-2H3. The van der Waals surface area contributed by atoms with Crippen molar-refractivity contribution in [2.75, 3.05) is 19.7 Å². The molecule has 2 nitrogen and oxygen atoms in total. The van der Waals surface area contributed by atoms with E-state index in [0.717, 1.165) is 25.6 Å². The van der Waals surface area contributed by atoms with Gasteiger partial charge in [-0.3, -0.25) is 0 Å². The van der Waals surface area contributed by atoms with Gasteiger partial charge >= 0.3 is 0 Å². The first-order valence-electron chi connectivity index (χ1n) is 6.65. The highest BCUT2D eigenvalue weighted by Gasteiger charge is 2.20. The van der Waals surface area contributed by atoms with E-state index in [4.69, 9.17) is 4.74 Å². The maximum absolute atomic E-state index is 5.77. The summed E-state index contributed by atoms with van der Waals surface area (Å²) >= 11 is 0. The summed E-state index contributed by atoms with van der Waals surface area (Å²) in [5.41, 5.74) is 0. The Hall–Kier alpha value is -0.0800. The third kappa shape index (κ3) is 7.80. The van der Waals surface area contributed by atoms with Gasteiger partial charge in [0.2, 0.25) is 0 Å². The molecule has 90 valence electrons. The van der Waals surface area contributed by atoms with Crippen molar-refractivity contribution in [2.45, 2.75) is 58.5 Å². The molecule has 0 aliphatic heterocycles. The van der Waals surface area contributed by atoms with Gasteiger partial charge in [0.15, 0.2) is 0 Å². The number of nitrogens with one attached hydrogen (secondary N) is 1. The molecule has 1 fully saturated rings. The fourth-order valence-electron chi connectivity index (χ4n) is 1.74. The zero-order chi connectivity index (χ0) is 10.9. The van der Waals surface area contributed by atoms with Crippen molar-refractivity contribution in [3.8, 4) is 0 Å². The monoisotopic (exact) mass is 213 g/mol. The fourth-order valence-corrected chi connectivity index (χ4v) is 1.74. The lowest BCUT2D eigenvalue weighted by Gasteiger charge is -2.12. The van der Waals surface area contributed by atoms with Crippen LogP contribution in [0.15, 0.2) is 0 Å². The van der Waals surface area contributed by atoms with Gasteiger partial charge < -0.3 is 10.1 Å². The first kappa shape index (κ1) is 13.0. The van der Waals surface area contributed by atoms with E-state index in [1.165, 1.54) is 38.5 Å². The SMILES string of the molecule is CCCNCCCC(C)OCCC1CC1. The van der Waals surface area contributed by atoms with Crippen molar-refractivity contribution in [1.29, 1.82) is 0 Å². The molecule has 2 heteroatoms. The van der Waals surface area contributed by atoms with Crippen LogP contribution in [0.3, 0.4) is 0 Å². The number of ether oxygens (including phenoxy) is 1. The molecule has 1 unspecified atom stereocenters. The molecule has 0 aromatic carbocycles. The predicted octanol–water partition coefficient (Wildman–Crippen LogP) is 2.97. The van der Waals surface area contributed by atoms with Crippen LogP contribution in [-0.2, 0) is 4.74 Å². The van der Waals surface area contributed by atoms with E-state index in [2.05, 4.69) is 19.2 Å². The number of rotatable bonds is 10. The molecule has 0 aromatic heterocycles. The Bertz CT molecular complexity index is 145. The minimum absolute atomic E-state index is 0.451. The van der Waals surface area contributed by atoms with Crippen LogP contribution >= 0.6 is 0 Å². The Morgan fingerprint density at radius 3 is 2.80 bits per heavy atom. The largest absolute Gasteiger partial charge is 0.378 e. The second-order valence-corrected chi connectivity index (χ2v) is 4.81. The van der Waals surface area contributed by atoms with E-state index in [0.29, 0.717) is 6.10 Å². The highest BCUT2D eigenvalue weighted by atomic mass is 16.5. The highest BCUT2D eigenvalue weighted by molar-refractivity contribution is 4.72. The Morgan fingerprint density at radius 1 is 1.33 bits per heavy atom. The number of hydrogen-bond donors (Lipinski definition) is 1. The van der Waals surface area contributed by atoms with E-state index < -0.39 is 0 Å². The zero-order valence-corrected chi connectivity index (χ0v) is 10.4. The Morgan fingerprint density at radius 2 is 2.13 bits per heavy atom. The summed E-state index contributed by atoms with van der Waals surface area (Å²) in [5.74, 6) is 1.00.